The number of nitrogens with zero attached hydrogens (tertiary/aromatic N) is 2. The van der Waals surface area contributed by atoms with E-state index in [0.29, 0.717) is 0 Å². The van der Waals surface area contributed by atoms with E-state index in [1.54, 1.807) is 0 Å². The van der Waals surface area contributed by atoms with E-state index in [1.807, 2.05) is 12.1 Å². The Bertz CT molecular complexity index is 2970. The maximum absolute atomic E-state index is 6.08. The lowest BCUT2D eigenvalue weighted by molar-refractivity contribution is 0.669. The number of para-hydroxylation sites is 3. The van der Waals surface area contributed by atoms with Gasteiger partial charge < -0.3 is 13.4 Å². The SMILES string of the molecule is c1ccc2c(c1)oc1ccc(-c3ccc(-n4c5cccc6c7ccccc7n7c8ccccc8c8ccc4c(c65)c87)cc3)cc12. The number of aromatic nitrogens is 2. The van der Waals surface area contributed by atoms with Crippen LogP contribution in [0.25, 0.3) is 98.7 Å². The molecule has 4 heterocycles. The Labute approximate surface area is 257 Å². The number of fused-ring (bicyclic) bond motifs is 9. The average Bonchev–Trinajstić information content (AvgIpc) is 3.72. The fourth-order valence-electron chi connectivity index (χ4n) is 7.96. The fourth-order valence-corrected chi connectivity index (χ4v) is 7.96. The lowest BCUT2D eigenvalue weighted by atomic mass is 10.0. The maximum Gasteiger partial charge on any atom is 0.135 e. The minimum absolute atomic E-state index is 0.921. The first kappa shape index (κ1) is 23.4. The van der Waals surface area contributed by atoms with Crippen LogP contribution < -0.4 is 0 Å². The van der Waals surface area contributed by atoms with Crippen LogP contribution in [-0.4, -0.2) is 8.97 Å². The summed E-state index contributed by atoms with van der Waals surface area (Å²) in [6.07, 6.45) is 0. The Kier molecular flexibility index (Phi) is 4.32. The lowest BCUT2D eigenvalue weighted by Crippen LogP contribution is -1.94. The molecule has 0 saturated heterocycles. The Balaban J connectivity index is 1.20. The van der Waals surface area contributed by atoms with Gasteiger partial charge in [-0.15, -0.1) is 0 Å². The summed E-state index contributed by atoms with van der Waals surface area (Å²) in [6, 6.07) is 52.9. The van der Waals surface area contributed by atoms with Crippen LogP contribution in [0.3, 0.4) is 0 Å². The third kappa shape index (κ3) is 2.95. The van der Waals surface area contributed by atoms with Gasteiger partial charge in [0.15, 0.2) is 0 Å². The molecule has 3 heteroatoms. The van der Waals surface area contributed by atoms with Crippen molar-refractivity contribution < 1.29 is 4.42 Å². The van der Waals surface area contributed by atoms with E-state index in [0.717, 1.165) is 27.6 Å². The molecule has 45 heavy (non-hydrogen) atoms. The molecular weight excluding hydrogens is 548 g/mol. The number of hydrogen-bond donors (Lipinski definition) is 0. The Morgan fingerprint density at radius 2 is 1.00 bits per heavy atom. The van der Waals surface area contributed by atoms with Crippen molar-refractivity contribution in [1.29, 1.82) is 0 Å². The van der Waals surface area contributed by atoms with E-state index in [2.05, 4.69) is 142 Å². The third-order valence-electron chi connectivity index (χ3n) is 9.86. The third-order valence-corrected chi connectivity index (χ3v) is 9.86. The summed E-state index contributed by atoms with van der Waals surface area (Å²) < 4.78 is 11.0. The van der Waals surface area contributed by atoms with Crippen LogP contribution in [-0.2, 0) is 0 Å². The van der Waals surface area contributed by atoms with Crippen molar-refractivity contribution in [3.8, 4) is 16.8 Å². The molecule has 7 aromatic carbocycles. The van der Waals surface area contributed by atoms with Crippen LogP contribution in [0.15, 0.2) is 150 Å². The smallest absolute Gasteiger partial charge is 0.135 e. The highest BCUT2D eigenvalue weighted by Gasteiger charge is 2.22. The molecule has 0 unspecified atom stereocenters. The molecule has 0 saturated carbocycles. The minimum Gasteiger partial charge on any atom is -0.456 e. The summed E-state index contributed by atoms with van der Waals surface area (Å²) >= 11 is 0. The molecule has 0 radical (unpaired) electrons. The highest BCUT2D eigenvalue weighted by atomic mass is 16.3. The summed E-state index contributed by atoms with van der Waals surface area (Å²) in [6.45, 7) is 0. The molecule has 0 atom stereocenters. The van der Waals surface area contributed by atoms with Crippen LogP contribution in [0, 0.1) is 0 Å². The predicted octanol–water partition coefficient (Wildman–Crippen LogP) is 11.5. The van der Waals surface area contributed by atoms with Gasteiger partial charge in [0.2, 0.25) is 0 Å². The van der Waals surface area contributed by atoms with Gasteiger partial charge in [-0.3, -0.25) is 0 Å². The molecule has 11 aromatic rings. The zero-order chi connectivity index (χ0) is 29.2. The van der Waals surface area contributed by atoms with E-state index in [-0.39, 0.29) is 0 Å². The maximum atomic E-state index is 6.08. The summed E-state index contributed by atoms with van der Waals surface area (Å²) in [7, 11) is 0. The van der Waals surface area contributed by atoms with Gasteiger partial charge in [0.25, 0.3) is 0 Å². The van der Waals surface area contributed by atoms with Crippen molar-refractivity contribution in [3.05, 3.63) is 146 Å². The van der Waals surface area contributed by atoms with Crippen molar-refractivity contribution in [2.75, 3.05) is 0 Å². The number of benzene rings is 7. The van der Waals surface area contributed by atoms with E-state index >= 15 is 0 Å². The molecule has 0 fully saturated rings. The van der Waals surface area contributed by atoms with Crippen molar-refractivity contribution in [2.45, 2.75) is 0 Å². The van der Waals surface area contributed by atoms with Crippen molar-refractivity contribution >= 4 is 81.8 Å². The fraction of sp³-hybridized carbons (Fsp3) is 0. The van der Waals surface area contributed by atoms with Crippen LogP contribution in [0.1, 0.15) is 0 Å². The summed E-state index contributed by atoms with van der Waals surface area (Å²) in [5.74, 6) is 0. The molecule has 0 aliphatic carbocycles. The van der Waals surface area contributed by atoms with Gasteiger partial charge in [-0.05, 0) is 71.1 Å². The molecule has 11 rings (SSSR count). The molecule has 4 aromatic heterocycles. The second-order valence-corrected chi connectivity index (χ2v) is 12.1. The normalized spacial score (nSPS) is 12.4. The van der Waals surface area contributed by atoms with Crippen LogP contribution in [0.2, 0.25) is 0 Å². The first-order valence-corrected chi connectivity index (χ1v) is 15.4. The van der Waals surface area contributed by atoms with Gasteiger partial charge in [-0.1, -0.05) is 91.0 Å². The van der Waals surface area contributed by atoms with Gasteiger partial charge in [0.05, 0.1) is 27.6 Å². The highest BCUT2D eigenvalue weighted by molar-refractivity contribution is 6.33. The molecule has 0 aliphatic rings. The standard InChI is InChI=1S/C42H24N2O/c1-4-12-34-28(8-1)31-11-7-14-36-40(31)41-37(22-21-32-29-9-2-5-13-35(29)44(34)42(32)41)43(36)27-19-16-25(17-20-27)26-18-23-39-33(24-26)30-10-3-6-15-38(30)45-39/h1-24H. The Hall–Kier alpha value is -6.06. The molecule has 0 spiro atoms. The minimum atomic E-state index is 0.921. The first-order chi connectivity index (χ1) is 22.3. The zero-order valence-corrected chi connectivity index (χ0v) is 24.2. The second-order valence-electron chi connectivity index (χ2n) is 12.1. The zero-order valence-electron chi connectivity index (χ0n) is 24.2. The van der Waals surface area contributed by atoms with Crippen molar-refractivity contribution in [3.63, 3.8) is 0 Å². The molecule has 0 aliphatic heterocycles. The van der Waals surface area contributed by atoms with Gasteiger partial charge in [-0.2, -0.15) is 0 Å². The Morgan fingerprint density at radius 3 is 1.82 bits per heavy atom. The summed E-state index contributed by atoms with van der Waals surface area (Å²) in [5.41, 5.74) is 11.6. The first-order valence-electron chi connectivity index (χ1n) is 15.4. The van der Waals surface area contributed by atoms with Crippen LogP contribution in [0.5, 0.6) is 0 Å². The molecular formula is C42H24N2O. The van der Waals surface area contributed by atoms with Crippen molar-refractivity contribution in [2.24, 2.45) is 0 Å². The van der Waals surface area contributed by atoms with Gasteiger partial charge in [0, 0.05) is 43.4 Å². The van der Waals surface area contributed by atoms with E-state index in [9.17, 15) is 0 Å². The molecule has 3 nitrogen and oxygen atoms in total. The van der Waals surface area contributed by atoms with Gasteiger partial charge in [0.1, 0.15) is 11.2 Å². The van der Waals surface area contributed by atoms with Crippen LogP contribution in [0.4, 0.5) is 0 Å². The number of furan rings is 1. The average molecular weight is 573 g/mol. The van der Waals surface area contributed by atoms with E-state index in [4.69, 9.17) is 4.42 Å². The predicted molar refractivity (Wildman–Crippen MR) is 188 cm³/mol. The van der Waals surface area contributed by atoms with Crippen molar-refractivity contribution in [1.82, 2.24) is 8.97 Å². The van der Waals surface area contributed by atoms with E-state index < -0.39 is 0 Å². The van der Waals surface area contributed by atoms with Gasteiger partial charge >= 0.3 is 0 Å². The molecule has 0 N–H and O–H groups in total. The number of rotatable bonds is 2. The van der Waals surface area contributed by atoms with Gasteiger partial charge in [-0.25, -0.2) is 0 Å². The molecule has 0 amide bonds. The number of hydrogen-bond acceptors (Lipinski definition) is 1. The Morgan fingerprint density at radius 1 is 0.378 bits per heavy atom. The summed E-state index contributed by atoms with van der Waals surface area (Å²) in [5, 5.41) is 10.1. The quantitative estimate of drug-likeness (QED) is 0.202. The highest BCUT2D eigenvalue weighted by Crippen LogP contribution is 2.45. The largest absolute Gasteiger partial charge is 0.456 e. The second kappa shape index (κ2) is 8.31. The monoisotopic (exact) mass is 572 g/mol. The lowest BCUT2D eigenvalue weighted by Gasteiger charge is -2.10. The summed E-state index contributed by atoms with van der Waals surface area (Å²) in [4.78, 5) is 0. The molecule has 208 valence electrons. The molecule has 0 bridgehead atoms. The van der Waals surface area contributed by atoms with E-state index in [1.165, 1.54) is 71.0 Å². The topological polar surface area (TPSA) is 22.5 Å². The van der Waals surface area contributed by atoms with Crippen LogP contribution >= 0.6 is 0 Å².